The summed E-state index contributed by atoms with van der Waals surface area (Å²) in [7, 11) is 0. The van der Waals surface area contributed by atoms with Crippen LogP contribution in [-0.4, -0.2) is 32.7 Å². The standard InChI is InChI=1S/C15H12F3N3O2/c1-9-6-7-19-13(20-9)11-4-2-10(3-5-11)12-8-14(22,23-21-12)15(16,17)18/h2-7,22H,8H2,1H3. The van der Waals surface area contributed by atoms with Crippen LogP contribution in [0.25, 0.3) is 11.4 Å². The van der Waals surface area contributed by atoms with E-state index < -0.39 is 18.4 Å². The van der Waals surface area contributed by atoms with Crippen LogP contribution in [0.5, 0.6) is 0 Å². The number of oxime groups is 1. The van der Waals surface area contributed by atoms with Crippen molar-refractivity contribution in [3.05, 3.63) is 47.8 Å². The molecule has 23 heavy (non-hydrogen) atoms. The minimum atomic E-state index is -4.91. The lowest BCUT2D eigenvalue weighted by atomic mass is 10.0. The molecule has 0 radical (unpaired) electrons. The molecule has 0 fully saturated rings. The van der Waals surface area contributed by atoms with Crippen molar-refractivity contribution in [1.29, 1.82) is 0 Å². The van der Waals surface area contributed by atoms with E-state index in [-0.39, 0.29) is 5.71 Å². The molecule has 2 aromatic rings. The topological polar surface area (TPSA) is 67.6 Å². The second kappa shape index (κ2) is 5.31. The zero-order valence-electron chi connectivity index (χ0n) is 12.0. The van der Waals surface area contributed by atoms with Crippen molar-refractivity contribution in [1.82, 2.24) is 9.97 Å². The predicted molar refractivity (Wildman–Crippen MR) is 75.4 cm³/mol. The Kier molecular flexibility index (Phi) is 3.56. The first-order valence-corrected chi connectivity index (χ1v) is 6.73. The van der Waals surface area contributed by atoms with Gasteiger partial charge in [0.25, 0.3) is 0 Å². The van der Waals surface area contributed by atoms with Crippen LogP contribution in [-0.2, 0) is 4.84 Å². The van der Waals surface area contributed by atoms with Gasteiger partial charge >= 0.3 is 12.0 Å². The van der Waals surface area contributed by atoms with Crippen molar-refractivity contribution < 1.29 is 23.1 Å². The van der Waals surface area contributed by atoms with Gasteiger partial charge < -0.3 is 9.94 Å². The zero-order valence-corrected chi connectivity index (χ0v) is 12.0. The first-order valence-electron chi connectivity index (χ1n) is 6.73. The summed E-state index contributed by atoms with van der Waals surface area (Å²) < 4.78 is 38.1. The average molecular weight is 323 g/mol. The van der Waals surface area contributed by atoms with Crippen LogP contribution in [0.1, 0.15) is 17.7 Å². The van der Waals surface area contributed by atoms with Gasteiger partial charge in [0.2, 0.25) is 0 Å². The van der Waals surface area contributed by atoms with E-state index in [9.17, 15) is 18.3 Å². The highest BCUT2D eigenvalue weighted by Gasteiger charge is 2.60. The van der Waals surface area contributed by atoms with Crippen LogP contribution in [0.2, 0.25) is 0 Å². The van der Waals surface area contributed by atoms with E-state index in [4.69, 9.17) is 0 Å². The van der Waals surface area contributed by atoms with E-state index >= 15 is 0 Å². The molecule has 3 rings (SSSR count). The van der Waals surface area contributed by atoms with Crippen molar-refractivity contribution in [3.8, 4) is 11.4 Å². The van der Waals surface area contributed by atoms with E-state index in [1.807, 2.05) is 6.92 Å². The highest BCUT2D eigenvalue weighted by Crippen LogP contribution is 2.39. The fraction of sp³-hybridized carbons (Fsp3) is 0.267. The Morgan fingerprint density at radius 1 is 1.13 bits per heavy atom. The molecule has 0 amide bonds. The van der Waals surface area contributed by atoms with Crippen molar-refractivity contribution in [2.75, 3.05) is 0 Å². The minimum absolute atomic E-state index is 0.0292. The first-order chi connectivity index (χ1) is 10.8. The third-order valence-electron chi connectivity index (χ3n) is 3.43. The first kappa shape index (κ1) is 15.4. The minimum Gasteiger partial charge on any atom is -0.350 e. The Morgan fingerprint density at radius 3 is 2.35 bits per heavy atom. The molecular formula is C15H12F3N3O2. The van der Waals surface area contributed by atoms with Crippen LogP contribution in [0.15, 0.2) is 41.7 Å². The fourth-order valence-corrected chi connectivity index (χ4v) is 2.13. The van der Waals surface area contributed by atoms with Gasteiger partial charge in [-0.05, 0) is 18.6 Å². The van der Waals surface area contributed by atoms with Gasteiger partial charge in [0.1, 0.15) is 0 Å². The molecule has 1 N–H and O–H groups in total. The van der Waals surface area contributed by atoms with E-state index in [2.05, 4.69) is 20.0 Å². The van der Waals surface area contributed by atoms with Gasteiger partial charge in [-0.25, -0.2) is 9.97 Å². The highest BCUT2D eigenvalue weighted by atomic mass is 19.4. The molecule has 1 unspecified atom stereocenters. The van der Waals surface area contributed by atoms with E-state index in [0.717, 1.165) is 11.3 Å². The number of halogens is 3. The van der Waals surface area contributed by atoms with Gasteiger partial charge in [-0.1, -0.05) is 29.4 Å². The zero-order chi connectivity index (χ0) is 16.7. The van der Waals surface area contributed by atoms with Crippen LogP contribution in [0, 0.1) is 6.92 Å². The second-order valence-electron chi connectivity index (χ2n) is 5.19. The Morgan fingerprint density at radius 2 is 1.78 bits per heavy atom. The molecular weight excluding hydrogens is 311 g/mol. The van der Waals surface area contributed by atoms with E-state index in [1.165, 1.54) is 0 Å². The van der Waals surface area contributed by atoms with Gasteiger partial charge in [-0.3, -0.25) is 0 Å². The number of nitrogens with zero attached hydrogens (tertiary/aromatic N) is 3. The summed E-state index contributed by atoms with van der Waals surface area (Å²) in [4.78, 5) is 12.6. The van der Waals surface area contributed by atoms with Gasteiger partial charge in [-0.15, -0.1) is 0 Å². The van der Waals surface area contributed by atoms with Crippen molar-refractivity contribution in [2.45, 2.75) is 25.3 Å². The van der Waals surface area contributed by atoms with Gasteiger partial charge in [0.15, 0.2) is 5.82 Å². The average Bonchev–Trinajstić information content (AvgIpc) is 2.91. The molecule has 0 saturated carbocycles. The van der Waals surface area contributed by atoms with Crippen LogP contribution in [0.3, 0.4) is 0 Å². The van der Waals surface area contributed by atoms with Crippen molar-refractivity contribution in [2.24, 2.45) is 5.16 Å². The van der Waals surface area contributed by atoms with Gasteiger partial charge in [-0.2, -0.15) is 13.2 Å². The third-order valence-corrected chi connectivity index (χ3v) is 3.43. The molecule has 5 nitrogen and oxygen atoms in total. The predicted octanol–water partition coefficient (Wildman–Crippen LogP) is 2.83. The number of benzene rings is 1. The molecule has 1 aliphatic rings. The lowest BCUT2D eigenvalue weighted by Gasteiger charge is -2.22. The lowest BCUT2D eigenvalue weighted by molar-refractivity contribution is -0.355. The molecule has 1 atom stereocenters. The highest BCUT2D eigenvalue weighted by molar-refractivity contribution is 6.01. The number of alkyl halides is 3. The number of aromatic nitrogens is 2. The summed E-state index contributed by atoms with van der Waals surface area (Å²) in [5, 5.41) is 12.8. The number of rotatable bonds is 2. The Bertz CT molecular complexity index is 759. The lowest BCUT2D eigenvalue weighted by Crippen LogP contribution is -2.45. The molecule has 120 valence electrons. The molecule has 1 aliphatic heterocycles. The summed E-state index contributed by atoms with van der Waals surface area (Å²) in [5.41, 5.74) is 1.99. The monoisotopic (exact) mass is 323 g/mol. The molecule has 0 bridgehead atoms. The number of aliphatic hydroxyl groups is 1. The maximum absolute atomic E-state index is 12.7. The summed E-state index contributed by atoms with van der Waals surface area (Å²) in [6.07, 6.45) is -4.03. The van der Waals surface area contributed by atoms with Crippen LogP contribution in [0.4, 0.5) is 13.2 Å². The maximum Gasteiger partial charge on any atom is 0.458 e. The Labute approximate surface area is 129 Å². The summed E-state index contributed by atoms with van der Waals surface area (Å²) in [6.45, 7) is 1.84. The summed E-state index contributed by atoms with van der Waals surface area (Å²) in [5.74, 6) is -2.74. The van der Waals surface area contributed by atoms with Crippen molar-refractivity contribution in [3.63, 3.8) is 0 Å². The molecule has 1 aromatic carbocycles. The molecule has 0 spiro atoms. The second-order valence-corrected chi connectivity index (χ2v) is 5.19. The maximum atomic E-state index is 12.7. The third kappa shape index (κ3) is 2.89. The van der Waals surface area contributed by atoms with Crippen LogP contribution >= 0.6 is 0 Å². The Hall–Kier alpha value is -2.48. The quantitative estimate of drug-likeness (QED) is 0.923. The van der Waals surface area contributed by atoms with Crippen molar-refractivity contribution >= 4 is 5.71 Å². The number of aryl methyl sites for hydroxylation is 1. The number of hydrogen-bond donors (Lipinski definition) is 1. The SMILES string of the molecule is Cc1ccnc(-c2ccc(C3=NOC(O)(C(F)(F)F)C3)cc2)n1. The molecule has 0 aliphatic carbocycles. The normalized spacial score (nSPS) is 21.0. The molecule has 0 saturated heterocycles. The summed E-state index contributed by atoms with van der Waals surface area (Å²) >= 11 is 0. The Balaban J connectivity index is 1.82. The molecule has 2 heterocycles. The summed E-state index contributed by atoms with van der Waals surface area (Å²) in [6, 6.07) is 8.30. The van der Waals surface area contributed by atoms with Crippen LogP contribution < -0.4 is 0 Å². The van der Waals surface area contributed by atoms with E-state index in [1.54, 1.807) is 36.5 Å². The van der Waals surface area contributed by atoms with E-state index in [0.29, 0.717) is 11.4 Å². The molecule has 8 heteroatoms. The van der Waals surface area contributed by atoms with Gasteiger partial charge in [0.05, 0.1) is 12.1 Å². The van der Waals surface area contributed by atoms with Gasteiger partial charge in [0, 0.05) is 17.5 Å². The smallest absolute Gasteiger partial charge is 0.350 e. The largest absolute Gasteiger partial charge is 0.458 e. The molecule has 1 aromatic heterocycles. The fourth-order valence-electron chi connectivity index (χ4n) is 2.13. The number of hydrogen-bond acceptors (Lipinski definition) is 5.